The summed E-state index contributed by atoms with van der Waals surface area (Å²) < 4.78 is 2.38. The van der Waals surface area contributed by atoms with Crippen LogP contribution in [-0.4, -0.2) is 26.5 Å². The molecule has 1 N–H and O–H groups in total. The number of nitrogens with zero attached hydrogens (tertiary/aromatic N) is 3. The van der Waals surface area contributed by atoms with E-state index in [1.165, 1.54) is 32.1 Å². The molecule has 0 unspecified atom stereocenters. The molecule has 0 radical (unpaired) electrons. The third-order valence-corrected chi connectivity index (χ3v) is 7.91. The lowest BCUT2D eigenvalue weighted by molar-refractivity contribution is 0.0895. The van der Waals surface area contributed by atoms with Gasteiger partial charge >= 0.3 is 0 Å². The average Bonchev–Trinajstić information content (AvgIpc) is 3.08. The summed E-state index contributed by atoms with van der Waals surface area (Å²) in [6.45, 7) is 18.4. The Bertz CT molecular complexity index is 1020. The molecule has 2 aromatic heterocycles. The monoisotopic (exact) mass is 478 g/mol. The number of aromatic nitrogens is 3. The molecule has 2 aliphatic rings. The van der Waals surface area contributed by atoms with Gasteiger partial charge in [0, 0.05) is 29.1 Å². The zero-order chi connectivity index (χ0) is 25.5. The predicted octanol–water partition coefficient (Wildman–Crippen LogP) is 6.96. The first kappa shape index (κ1) is 25.9. The van der Waals surface area contributed by atoms with E-state index in [2.05, 4.69) is 77.4 Å². The van der Waals surface area contributed by atoms with Crippen molar-refractivity contribution in [1.82, 2.24) is 19.9 Å². The van der Waals surface area contributed by atoms with Crippen molar-refractivity contribution in [2.24, 2.45) is 11.8 Å². The smallest absolute Gasteiger partial charge is 0.253 e. The van der Waals surface area contributed by atoms with Crippen molar-refractivity contribution in [1.29, 1.82) is 0 Å². The van der Waals surface area contributed by atoms with E-state index >= 15 is 0 Å². The minimum atomic E-state index is -0.160. The van der Waals surface area contributed by atoms with Crippen molar-refractivity contribution in [2.75, 3.05) is 0 Å². The molecule has 2 fully saturated rings. The largest absolute Gasteiger partial charge is 0.349 e. The highest BCUT2D eigenvalue weighted by Gasteiger charge is 2.30. The van der Waals surface area contributed by atoms with Crippen LogP contribution in [-0.2, 0) is 17.4 Å². The zero-order valence-electron chi connectivity index (χ0n) is 23.3. The molecule has 0 aliphatic heterocycles. The number of carbonyl (C=O) groups is 1. The molecule has 1 amide bonds. The third-order valence-electron chi connectivity index (χ3n) is 7.91. The Balaban J connectivity index is 1.79. The molecule has 0 bridgehead atoms. The van der Waals surface area contributed by atoms with E-state index in [0.29, 0.717) is 17.9 Å². The van der Waals surface area contributed by atoms with E-state index in [-0.39, 0.29) is 16.7 Å². The van der Waals surface area contributed by atoms with Crippen molar-refractivity contribution in [3.8, 4) is 11.4 Å². The van der Waals surface area contributed by atoms with Gasteiger partial charge in [0.1, 0.15) is 5.82 Å². The second-order valence-corrected chi connectivity index (χ2v) is 13.4. The van der Waals surface area contributed by atoms with Gasteiger partial charge in [-0.1, -0.05) is 67.7 Å². The lowest BCUT2D eigenvalue weighted by Crippen LogP contribution is -2.43. The molecule has 5 heteroatoms. The van der Waals surface area contributed by atoms with E-state index < -0.39 is 0 Å². The van der Waals surface area contributed by atoms with Crippen LogP contribution in [0.3, 0.4) is 0 Å². The van der Waals surface area contributed by atoms with Gasteiger partial charge in [0.15, 0.2) is 0 Å². The summed E-state index contributed by atoms with van der Waals surface area (Å²) in [5, 5.41) is 3.29. The first-order valence-corrected chi connectivity index (χ1v) is 13.7. The van der Waals surface area contributed by atoms with Crippen molar-refractivity contribution in [2.45, 2.75) is 124 Å². The Morgan fingerprint density at radius 1 is 1.00 bits per heavy atom. The van der Waals surface area contributed by atoms with E-state index in [0.717, 1.165) is 53.5 Å². The number of rotatable bonds is 5. The summed E-state index contributed by atoms with van der Waals surface area (Å²) in [4.78, 5) is 23.4. The van der Waals surface area contributed by atoms with Crippen LogP contribution in [0, 0.1) is 18.8 Å². The quantitative estimate of drug-likeness (QED) is 0.505. The van der Waals surface area contributed by atoms with Gasteiger partial charge < -0.3 is 9.88 Å². The van der Waals surface area contributed by atoms with Gasteiger partial charge in [0.2, 0.25) is 0 Å². The van der Waals surface area contributed by atoms with Gasteiger partial charge in [-0.2, -0.15) is 0 Å². The molecule has 4 rings (SSSR count). The maximum absolute atomic E-state index is 13.4. The number of nitrogens with one attached hydrogen (secondary N) is 1. The summed E-state index contributed by atoms with van der Waals surface area (Å²) in [5.74, 6) is 2.28. The Labute approximate surface area is 212 Å². The summed E-state index contributed by atoms with van der Waals surface area (Å²) in [7, 11) is 0. The minimum Gasteiger partial charge on any atom is -0.349 e. The Kier molecular flexibility index (Phi) is 7.19. The molecule has 2 heterocycles. The van der Waals surface area contributed by atoms with Crippen LogP contribution in [0.5, 0.6) is 0 Å². The van der Waals surface area contributed by atoms with E-state index in [1.807, 2.05) is 0 Å². The lowest BCUT2D eigenvalue weighted by atomic mass is 9.82. The number of hydrogen-bond donors (Lipinski definition) is 1. The molecular weight excluding hydrogens is 432 g/mol. The van der Waals surface area contributed by atoms with E-state index in [1.54, 1.807) is 0 Å². The van der Waals surface area contributed by atoms with Crippen LogP contribution < -0.4 is 5.32 Å². The molecule has 192 valence electrons. The molecule has 2 aliphatic carbocycles. The molecule has 0 spiro atoms. The molecule has 2 saturated carbocycles. The number of amides is 1. The third kappa shape index (κ3) is 5.81. The maximum Gasteiger partial charge on any atom is 0.253 e. The number of carbonyl (C=O) groups excluding carboxylic acids is 1. The SMILES string of the molecule is Cc1c(C(=O)NC2CC(C)C2)cc(-c2cc(C(C)(C)C)nc(C(C)(C)C)n2)n1CC1CCCCC1. The fourth-order valence-electron chi connectivity index (χ4n) is 5.53. The highest BCUT2D eigenvalue weighted by atomic mass is 16.1. The molecule has 0 atom stereocenters. The summed E-state index contributed by atoms with van der Waals surface area (Å²) in [5.41, 5.74) is 4.64. The van der Waals surface area contributed by atoms with Crippen LogP contribution in [0.25, 0.3) is 11.4 Å². The van der Waals surface area contributed by atoms with Crippen molar-refractivity contribution >= 4 is 5.91 Å². The number of hydrogen-bond acceptors (Lipinski definition) is 3. The lowest BCUT2D eigenvalue weighted by Gasteiger charge is -2.33. The summed E-state index contributed by atoms with van der Waals surface area (Å²) >= 11 is 0. The first-order valence-electron chi connectivity index (χ1n) is 13.7. The fraction of sp³-hybridized carbons (Fsp3) is 0.700. The molecular formula is C30H46N4O. The molecule has 5 nitrogen and oxygen atoms in total. The average molecular weight is 479 g/mol. The molecule has 2 aromatic rings. The fourth-order valence-corrected chi connectivity index (χ4v) is 5.53. The van der Waals surface area contributed by atoms with E-state index in [9.17, 15) is 4.79 Å². The minimum absolute atomic E-state index is 0.0594. The molecule has 0 saturated heterocycles. The van der Waals surface area contributed by atoms with Crippen LogP contribution in [0.4, 0.5) is 0 Å². The maximum atomic E-state index is 13.4. The summed E-state index contributed by atoms with van der Waals surface area (Å²) in [6, 6.07) is 4.55. The van der Waals surface area contributed by atoms with Gasteiger partial charge in [-0.3, -0.25) is 4.79 Å². The van der Waals surface area contributed by atoms with Gasteiger partial charge in [-0.15, -0.1) is 0 Å². The van der Waals surface area contributed by atoms with Crippen LogP contribution in [0.15, 0.2) is 12.1 Å². The van der Waals surface area contributed by atoms with Gasteiger partial charge in [-0.05, 0) is 56.6 Å². The highest BCUT2D eigenvalue weighted by molar-refractivity contribution is 5.97. The molecule has 0 aromatic carbocycles. The van der Waals surface area contributed by atoms with Gasteiger partial charge in [0.25, 0.3) is 5.91 Å². The second kappa shape index (κ2) is 9.71. The van der Waals surface area contributed by atoms with Crippen molar-refractivity contribution < 1.29 is 4.79 Å². The molecule has 35 heavy (non-hydrogen) atoms. The summed E-state index contributed by atoms with van der Waals surface area (Å²) in [6.07, 6.45) is 8.65. The Morgan fingerprint density at radius 3 is 2.23 bits per heavy atom. The predicted molar refractivity (Wildman–Crippen MR) is 144 cm³/mol. The van der Waals surface area contributed by atoms with Crippen LogP contribution in [0.2, 0.25) is 0 Å². The van der Waals surface area contributed by atoms with E-state index in [4.69, 9.17) is 9.97 Å². The van der Waals surface area contributed by atoms with Crippen molar-refractivity contribution in [3.05, 3.63) is 34.9 Å². The second-order valence-electron chi connectivity index (χ2n) is 13.4. The Morgan fingerprint density at radius 2 is 1.66 bits per heavy atom. The van der Waals surface area contributed by atoms with Crippen LogP contribution in [0.1, 0.15) is 121 Å². The first-order chi connectivity index (χ1) is 16.3. The normalized spacial score (nSPS) is 21.6. The highest BCUT2D eigenvalue weighted by Crippen LogP contribution is 2.34. The topological polar surface area (TPSA) is 59.8 Å². The van der Waals surface area contributed by atoms with Gasteiger partial charge in [-0.25, -0.2) is 9.97 Å². The Hall–Kier alpha value is -2.17. The standard InChI is InChI=1S/C30H46N4O/c1-19-14-22(15-19)31-27(35)23-16-25(34(20(23)2)18-21-12-10-9-11-13-21)24-17-26(29(3,4)5)33-28(32-24)30(6,7)8/h16-17,19,21-22H,9-15,18H2,1-8H3,(H,31,35). The van der Waals surface area contributed by atoms with Crippen molar-refractivity contribution in [3.63, 3.8) is 0 Å². The van der Waals surface area contributed by atoms with Crippen LogP contribution >= 0.6 is 0 Å². The van der Waals surface area contributed by atoms with Gasteiger partial charge in [0.05, 0.1) is 22.6 Å². The zero-order valence-corrected chi connectivity index (χ0v) is 23.3.